The van der Waals surface area contributed by atoms with Crippen molar-refractivity contribution in [2.45, 2.75) is 45.1 Å². The van der Waals surface area contributed by atoms with Gasteiger partial charge in [-0.2, -0.15) is 15.3 Å². The van der Waals surface area contributed by atoms with Crippen LogP contribution in [0.5, 0.6) is 0 Å². The number of fused-ring (bicyclic) bond motifs is 1. The molecule has 1 saturated heterocycles. The van der Waals surface area contributed by atoms with Gasteiger partial charge in [0.2, 0.25) is 0 Å². The van der Waals surface area contributed by atoms with E-state index in [4.69, 9.17) is 4.42 Å². The fourth-order valence-corrected chi connectivity index (χ4v) is 4.44. The van der Waals surface area contributed by atoms with Crippen LogP contribution in [0.25, 0.3) is 22.0 Å². The van der Waals surface area contributed by atoms with Gasteiger partial charge in [-0.25, -0.2) is 4.98 Å². The summed E-state index contributed by atoms with van der Waals surface area (Å²) in [6.07, 6.45) is 7.42. The number of carbonyl (C=O) groups excluding carboxylic acids is 1. The van der Waals surface area contributed by atoms with Gasteiger partial charge in [0.05, 0.1) is 23.8 Å². The van der Waals surface area contributed by atoms with Crippen LogP contribution in [-0.4, -0.2) is 54.8 Å². The second-order valence-corrected chi connectivity index (χ2v) is 9.09. The zero-order valence-electron chi connectivity index (χ0n) is 19.2. The molecule has 1 aromatic carbocycles. The maximum Gasteiger partial charge on any atom is 0.197 e. The lowest BCUT2D eigenvalue weighted by Crippen LogP contribution is -2.37. The number of oxazole rings is 1. The summed E-state index contributed by atoms with van der Waals surface area (Å²) in [4.78, 5) is 19.9. The van der Waals surface area contributed by atoms with E-state index in [1.807, 2.05) is 43.7 Å². The summed E-state index contributed by atoms with van der Waals surface area (Å²) in [7, 11) is 1.89. The van der Waals surface area contributed by atoms with Crippen molar-refractivity contribution in [3.63, 3.8) is 0 Å². The van der Waals surface area contributed by atoms with Gasteiger partial charge in [-0.1, -0.05) is 6.07 Å². The molecule has 33 heavy (non-hydrogen) atoms. The minimum atomic E-state index is -0.110. The van der Waals surface area contributed by atoms with Gasteiger partial charge >= 0.3 is 0 Å². The summed E-state index contributed by atoms with van der Waals surface area (Å²) in [6, 6.07) is 8.46. The number of Topliss-reactive ketones (excluding diaryl/α,β-unsaturated/α-hetero) is 1. The van der Waals surface area contributed by atoms with Crippen LogP contribution in [0.4, 0.5) is 0 Å². The lowest BCUT2D eigenvalue weighted by molar-refractivity contribution is 0.0987. The third-order valence-corrected chi connectivity index (χ3v) is 6.43. The highest BCUT2D eigenvalue weighted by molar-refractivity contribution is 5.95. The molecular formula is C25H28N6O2. The molecule has 1 aliphatic rings. The Kier molecular flexibility index (Phi) is 5.76. The lowest BCUT2D eigenvalue weighted by Gasteiger charge is -2.33. The van der Waals surface area contributed by atoms with Gasteiger partial charge in [-0.05, 0) is 63.5 Å². The van der Waals surface area contributed by atoms with E-state index in [1.165, 1.54) is 6.26 Å². The first-order chi connectivity index (χ1) is 16.0. The Morgan fingerprint density at radius 3 is 2.70 bits per heavy atom. The molecule has 170 valence electrons. The Morgan fingerprint density at radius 1 is 1.15 bits per heavy atom. The summed E-state index contributed by atoms with van der Waals surface area (Å²) < 4.78 is 7.47. The molecule has 4 aromatic rings. The smallest absolute Gasteiger partial charge is 0.197 e. The van der Waals surface area contributed by atoms with Crippen LogP contribution in [0.15, 0.2) is 47.3 Å². The second kappa shape index (κ2) is 8.86. The monoisotopic (exact) mass is 444 g/mol. The Hall–Kier alpha value is -3.39. The SMILES string of the molecule is CC(C)N1CCC(c2nc(C(=O)Cc3cc4cc(-c5cnn(C)c5)ccc4nn3)co2)CC1. The Morgan fingerprint density at radius 2 is 1.97 bits per heavy atom. The summed E-state index contributed by atoms with van der Waals surface area (Å²) in [5.41, 5.74) is 3.84. The highest BCUT2D eigenvalue weighted by atomic mass is 16.3. The molecular weight excluding hydrogens is 416 g/mol. The molecule has 0 N–H and O–H groups in total. The van der Waals surface area contributed by atoms with E-state index >= 15 is 0 Å². The van der Waals surface area contributed by atoms with Crippen LogP contribution in [0.1, 0.15) is 54.7 Å². The van der Waals surface area contributed by atoms with Crippen LogP contribution >= 0.6 is 0 Å². The number of carbonyl (C=O) groups is 1. The van der Waals surface area contributed by atoms with Crippen LogP contribution in [0, 0.1) is 0 Å². The third-order valence-electron chi connectivity index (χ3n) is 6.43. The van der Waals surface area contributed by atoms with Gasteiger partial charge < -0.3 is 9.32 Å². The number of rotatable bonds is 6. The van der Waals surface area contributed by atoms with Crippen molar-refractivity contribution in [1.82, 2.24) is 29.9 Å². The Balaban J connectivity index is 1.29. The second-order valence-electron chi connectivity index (χ2n) is 9.09. The highest BCUT2D eigenvalue weighted by Crippen LogP contribution is 2.28. The fourth-order valence-electron chi connectivity index (χ4n) is 4.44. The van der Waals surface area contributed by atoms with E-state index in [1.54, 1.807) is 4.68 Å². The molecule has 4 heterocycles. The maximum atomic E-state index is 12.9. The molecule has 8 nitrogen and oxygen atoms in total. The molecule has 3 aromatic heterocycles. The largest absolute Gasteiger partial charge is 0.448 e. The van der Waals surface area contributed by atoms with Crippen molar-refractivity contribution >= 4 is 16.7 Å². The summed E-state index contributed by atoms with van der Waals surface area (Å²) in [5, 5.41) is 13.7. The fraction of sp³-hybridized carbons (Fsp3) is 0.400. The number of aryl methyl sites for hydroxylation is 1. The topological polar surface area (TPSA) is 89.9 Å². The van der Waals surface area contributed by atoms with Crippen molar-refractivity contribution in [3.05, 3.63) is 60.2 Å². The van der Waals surface area contributed by atoms with Gasteiger partial charge in [-0.15, -0.1) is 0 Å². The van der Waals surface area contributed by atoms with Crippen molar-refractivity contribution in [3.8, 4) is 11.1 Å². The summed E-state index contributed by atoms with van der Waals surface area (Å²) in [5.74, 6) is 0.835. The molecule has 0 spiro atoms. The zero-order valence-corrected chi connectivity index (χ0v) is 19.2. The number of piperidine rings is 1. The number of hydrogen-bond acceptors (Lipinski definition) is 7. The van der Waals surface area contributed by atoms with Crippen LogP contribution in [-0.2, 0) is 13.5 Å². The molecule has 0 amide bonds. The number of hydrogen-bond donors (Lipinski definition) is 0. The molecule has 0 bridgehead atoms. The first kappa shape index (κ1) is 21.5. The van der Waals surface area contributed by atoms with Crippen LogP contribution in [0.2, 0.25) is 0 Å². The van der Waals surface area contributed by atoms with E-state index < -0.39 is 0 Å². The number of nitrogens with zero attached hydrogens (tertiary/aromatic N) is 6. The van der Waals surface area contributed by atoms with Crippen molar-refractivity contribution in [2.24, 2.45) is 7.05 Å². The van der Waals surface area contributed by atoms with E-state index in [2.05, 4.69) is 39.0 Å². The van der Waals surface area contributed by atoms with Crippen molar-refractivity contribution < 1.29 is 9.21 Å². The first-order valence-corrected chi connectivity index (χ1v) is 11.4. The molecule has 8 heteroatoms. The normalized spacial score (nSPS) is 15.5. The van der Waals surface area contributed by atoms with Crippen LogP contribution in [0.3, 0.4) is 0 Å². The first-order valence-electron chi connectivity index (χ1n) is 11.4. The lowest BCUT2D eigenvalue weighted by atomic mass is 9.96. The van der Waals surface area contributed by atoms with E-state index in [-0.39, 0.29) is 18.1 Å². The number of aromatic nitrogens is 5. The average molecular weight is 445 g/mol. The number of ketones is 1. The molecule has 0 saturated carbocycles. The standard InChI is InChI=1S/C25H28N6O2/c1-16(2)31-8-6-17(7-9-31)25-27-23(15-33-25)24(32)12-21-11-19-10-18(4-5-22(19)29-28-21)20-13-26-30(3)14-20/h4-5,10-11,13-17H,6-9,12H2,1-3H3. The molecule has 0 atom stereocenters. The average Bonchev–Trinajstić information content (AvgIpc) is 3.48. The number of benzene rings is 1. The van der Waals surface area contributed by atoms with Gasteiger partial charge in [0, 0.05) is 36.2 Å². The zero-order chi connectivity index (χ0) is 22.9. The maximum absolute atomic E-state index is 12.9. The van der Waals surface area contributed by atoms with Crippen molar-refractivity contribution in [1.29, 1.82) is 0 Å². The predicted octanol–water partition coefficient (Wildman–Crippen LogP) is 4.03. The molecule has 1 aliphatic heterocycles. The van der Waals surface area contributed by atoms with Gasteiger partial charge in [-0.3, -0.25) is 9.48 Å². The van der Waals surface area contributed by atoms with E-state index in [0.29, 0.717) is 23.3 Å². The predicted molar refractivity (Wildman–Crippen MR) is 125 cm³/mol. The molecule has 0 aliphatic carbocycles. The molecule has 1 fully saturated rings. The molecule has 0 unspecified atom stereocenters. The number of likely N-dealkylation sites (tertiary alicyclic amines) is 1. The van der Waals surface area contributed by atoms with Crippen molar-refractivity contribution in [2.75, 3.05) is 13.1 Å². The molecule has 5 rings (SSSR count). The van der Waals surface area contributed by atoms with E-state index in [0.717, 1.165) is 48.0 Å². The molecule has 0 radical (unpaired) electrons. The Bertz CT molecular complexity index is 1280. The summed E-state index contributed by atoms with van der Waals surface area (Å²) >= 11 is 0. The van der Waals surface area contributed by atoms with Gasteiger partial charge in [0.15, 0.2) is 11.7 Å². The minimum absolute atomic E-state index is 0.110. The summed E-state index contributed by atoms with van der Waals surface area (Å²) in [6.45, 7) is 6.50. The third kappa shape index (κ3) is 4.57. The van der Waals surface area contributed by atoms with Crippen LogP contribution < -0.4 is 0 Å². The Labute approximate surface area is 192 Å². The minimum Gasteiger partial charge on any atom is -0.448 e. The highest BCUT2D eigenvalue weighted by Gasteiger charge is 2.26. The van der Waals surface area contributed by atoms with Gasteiger partial charge in [0.25, 0.3) is 0 Å². The van der Waals surface area contributed by atoms with E-state index in [9.17, 15) is 4.79 Å². The quantitative estimate of drug-likeness (QED) is 0.415. The van der Waals surface area contributed by atoms with Gasteiger partial charge in [0.1, 0.15) is 12.0 Å².